The highest BCUT2D eigenvalue weighted by atomic mass is 79.9. The fraction of sp³-hybridized carbons (Fsp3) is 0.750. The summed E-state index contributed by atoms with van der Waals surface area (Å²) in [5, 5.41) is 7.57. The summed E-state index contributed by atoms with van der Waals surface area (Å²) < 4.78 is 24.2. The van der Waals surface area contributed by atoms with Crippen LogP contribution in [0.3, 0.4) is 0 Å². The quantitative estimate of drug-likeness (QED) is 0.872. The summed E-state index contributed by atoms with van der Waals surface area (Å²) >= 11 is 3.21. The van der Waals surface area contributed by atoms with Gasteiger partial charge in [-0.15, -0.1) is 5.10 Å². The number of nitrogens with zero attached hydrogens (tertiary/aromatic N) is 3. The Labute approximate surface area is 103 Å². The maximum Gasteiger partial charge on any atom is 0.154 e. The molecule has 1 aromatic heterocycles. The molecule has 0 saturated carbocycles. The molecule has 1 heterocycles. The van der Waals surface area contributed by atoms with E-state index in [9.17, 15) is 8.42 Å². The molecule has 0 amide bonds. The molecule has 1 unspecified atom stereocenters. The van der Waals surface area contributed by atoms with Gasteiger partial charge in [0.2, 0.25) is 0 Å². The molecule has 16 heavy (non-hydrogen) atoms. The van der Waals surface area contributed by atoms with Gasteiger partial charge >= 0.3 is 0 Å². The average Bonchev–Trinajstić information content (AvgIpc) is 2.43. The van der Waals surface area contributed by atoms with Crippen molar-refractivity contribution in [2.24, 2.45) is 12.8 Å². The van der Waals surface area contributed by atoms with Crippen molar-refractivity contribution in [3.63, 3.8) is 0 Å². The van der Waals surface area contributed by atoms with E-state index in [1.807, 2.05) is 0 Å². The third-order valence-electron chi connectivity index (χ3n) is 2.83. The SMILES string of the molecule is Cn1nnc(Br)c1C(N)C(C)(C)S(C)(=O)=O. The minimum absolute atomic E-state index is 0.472. The summed E-state index contributed by atoms with van der Waals surface area (Å²) in [7, 11) is -1.60. The zero-order chi connectivity index (χ0) is 12.7. The van der Waals surface area contributed by atoms with Crippen molar-refractivity contribution in [2.45, 2.75) is 24.6 Å². The summed E-state index contributed by atoms with van der Waals surface area (Å²) in [6.45, 7) is 3.18. The van der Waals surface area contributed by atoms with Crippen molar-refractivity contribution >= 4 is 25.8 Å². The largest absolute Gasteiger partial charge is 0.321 e. The Morgan fingerprint density at radius 1 is 1.50 bits per heavy atom. The molecule has 1 aromatic rings. The molecular weight excluding hydrogens is 296 g/mol. The summed E-state index contributed by atoms with van der Waals surface area (Å²) in [4.78, 5) is 0. The predicted molar refractivity (Wildman–Crippen MR) is 64.6 cm³/mol. The average molecular weight is 311 g/mol. The number of sulfone groups is 1. The van der Waals surface area contributed by atoms with Crippen molar-refractivity contribution < 1.29 is 8.42 Å². The first-order valence-corrected chi connectivity index (χ1v) is 7.27. The third kappa shape index (κ3) is 2.14. The number of hydrogen-bond acceptors (Lipinski definition) is 5. The highest BCUT2D eigenvalue weighted by Gasteiger charge is 2.40. The zero-order valence-corrected chi connectivity index (χ0v) is 12.0. The van der Waals surface area contributed by atoms with Crippen LogP contribution in [0, 0.1) is 0 Å². The molecule has 0 aliphatic rings. The first kappa shape index (κ1) is 13.6. The van der Waals surface area contributed by atoms with Crippen LogP contribution in [-0.2, 0) is 16.9 Å². The minimum Gasteiger partial charge on any atom is -0.321 e. The second kappa shape index (κ2) is 4.08. The molecule has 1 atom stereocenters. The van der Waals surface area contributed by atoms with Crippen molar-refractivity contribution in [3.8, 4) is 0 Å². The van der Waals surface area contributed by atoms with E-state index < -0.39 is 20.6 Å². The van der Waals surface area contributed by atoms with Gasteiger partial charge in [0.1, 0.15) is 0 Å². The number of aromatic nitrogens is 3. The van der Waals surface area contributed by atoms with Gasteiger partial charge in [-0.25, -0.2) is 13.1 Å². The van der Waals surface area contributed by atoms with Gasteiger partial charge in [0.05, 0.1) is 16.5 Å². The molecule has 0 bridgehead atoms. The van der Waals surface area contributed by atoms with Crippen molar-refractivity contribution in [1.29, 1.82) is 0 Å². The van der Waals surface area contributed by atoms with E-state index in [0.29, 0.717) is 10.3 Å². The minimum atomic E-state index is -3.28. The Morgan fingerprint density at radius 3 is 2.31 bits per heavy atom. The molecular formula is C8H15BrN4O2S. The molecule has 0 spiro atoms. The van der Waals surface area contributed by atoms with E-state index in [0.717, 1.165) is 0 Å². The number of nitrogens with two attached hydrogens (primary N) is 1. The lowest BCUT2D eigenvalue weighted by Gasteiger charge is -2.29. The summed E-state index contributed by atoms with van der Waals surface area (Å²) in [5.41, 5.74) is 6.56. The first-order valence-electron chi connectivity index (χ1n) is 4.59. The normalized spacial score (nSPS) is 15.1. The standard InChI is InChI=1S/C8H15BrN4O2S/c1-8(2,16(4,14)15)6(10)5-7(9)11-12-13(5)3/h6H,10H2,1-4H3. The van der Waals surface area contributed by atoms with Crippen LogP contribution in [0.5, 0.6) is 0 Å². The Kier molecular flexibility index (Phi) is 3.47. The van der Waals surface area contributed by atoms with Gasteiger partial charge in [0.15, 0.2) is 14.4 Å². The summed E-state index contributed by atoms with van der Waals surface area (Å²) in [6.07, 6.45) is 1.17. The lowest BCUT2D eigenvalue weighted by atomic mass is 10.0. The van der Waals surface area contributed by atoms with Gasteiger partial charge < -0.3 is 5.73 Å². The first-order chi connectivity index (χ1) is 7.09. The molecule has 0 aliphatic heterocycles. The van der Waals surface area contributed by atoms with Gasteiger partial charge in [0, 0.05) is 13.3 Å². The van der Waals surface area contributed by atoms with Crippen LogP contribution in [0.4, 0.5) is 0 Å². The van der Waals surface area contributed by atoms with Gasteiger partial charge in [-0.05, 0) is 29.8 Å². The lowest BCUT2D eigenvalue weighted by molar-refractivity contribution is 0.473. The number of aryl methyl sites for hydroxylation is 1. The number of halogens is 1. The Balaban J connectivity index is 3.28. The molecule has 0 saturated heterocycles. The molecule has 6 nitrogen and oxygen atoms in total. The van der Waals surface area contributed by atoms with Crippen molar-refractivity contribution in [1.82, 2.24) is 15.0 Å². The molecule has 8 heteroatoms. The van der Waals surface area contributed by atoms with Crippen LogP contribution in [0.2, 0.25) is 0 Å². The molecule has 2 N–H and O–H groups in total. The van der Waals surface area contributed by atoms with E-state index >= 15 is 0 Å². The van der Waals surface area contributed by atoms with Crippen LogP contribution in [0.1, 0.15) is 25.6 Å². The third-order valence-corrected chi connectivity index (χ3v) is 5.56. The van der Waals surface area contributed by atoms with Crippen molar-refractivity contribution in [2.75, 3.05) is 6.26 Å². The van der Waals surface area contributed by atoms with Crippen LogP contribution >= 0.6 is 15.9 Å². The second-order valence-electron chi connectivity index (χ2n) is 4.24. The Morgan fingerprint density at radius 2 is 2.00 bits per heavy atom. The van der Waals surface area contributed by atoms with Crippen molar-refractivity contribution in [3.05, 3.63) is 10.3 Å². The monoisotopic (exact) mass is 310 g/mol. The fourth-order valence-corrected chi connectivity index (χ4v) is 2.38. The Hall–Kier alpha value is -0.470. The predicted octanol–water partition coefficient (Wildman–Crippen LogP) is 0.401. The molecule has 1 rings (SSSR count). The maximum absolute atomic E-state index is 11.7. The second-order valence-corrected chi connectivity index (χ2v) is 7.59. The summed E-state index contributed by atoms with van der Waals surface area (Å²) in [6, 6.07) is -0.697. The molecule has 0 fully saturated rings. The van der Waals surface area contributed by atoms with Gasteiger partial charge in [0.25, 0.3) is 0 Å². The highest BCUT2D eigenvalue weighted by molar-refractivity contribution is 9.10. The molecule has 0 radical (unpaired) electrons. The maximum atomic E-state index is 11.7. The van der Waals surface area contributed by atoms with E-state index in [4.69, 9.17) is 5.73 Å². The van der Waals surface area contributed by atoms with E-state index in [1.54, 1.807) is 20.9 Å². The van der Waals surface area contributed by atoms with E-state index in [1.165, 1.54) is 10.9 Å². The van der Waals surface area contributed by atoms with Gasteiger partial charge in [-0.1, -0.05) is 5.21 Å². The number of rotatable bonds is 3. The van der Waals surface area contributed by atoms with Crippen LogP contribution < -0.4 is 5.73 Å². The topological polar surface area (TPSA) is 90.9 Å². The van der Waals surface area contributed by atoms with Gasteiger partial charge in [-0.2, -0.15) is 0 Å². The smallest absolute Gasteiger partial charge is 0.154 e. The lowest BCUT2D eigenvalue weighted by Crippen LogP contribution is -2.43. The summed E-state index contributed by atoms with van der Waals surface area (Å²) in [5.74, 6) is 0. The Bertz CT molecular complexity index is 475. The fourth-order valence-electron chi connectivity index (χ4n) is 1.23. The highest BCUT2D eigenvalue weighted by Crippen LogP contribution is 2.32. The molecule has 92 valence electrons. The van der Waals surface area contributed by atoms with E-state index in [-0.39, 0.29) is 0 Å². The van der Waals surface area contributed by atoms with Crippen LogP contribution in [0.25, 0.3) is 0 Å². The number of hydrogen-bond donors (Lipinski definition) is 1. The zero-order valence-electron chi connectivity index (χ0n) is 9.60. The molecule has 0 aromatic carbocycles. The van der Waals surface area contributed by atoms with Crippen LogP contribution in [-0.4, -0.2) is 34.4 Å². The molecule has 0 aliphatic carbocycles. The van der Waals surface area contributed by atoms with Crippen LogP contribution in [0.15, 0.2) is 4.60 Å². The van der Waals surface area contributed by atoms with Gasteiger partial charge in [-0.3, -0.25) is 0 Å². The van der Waals surface area contributed by atoms with E-state index in [2.05, 4.69) is 26.2 Å².